The van der Waals surface area contributed by atoms with Crippen molar-refractivity contribution in [2.45, 2.75) is 84.4 Å². The van der Waals surface area contributed by atoms with Gasteiger partial charge in [-0.2, -0.15) is 0 Å². The molecule has 28 heavy (non-hydrogen) atoms. The van der Waals surface area contributed by atoms with Gasteiger partial charge in [-0.15, -0.1) is 0 Å². The van der Waals surface area contributed by atoms with Crippen LogP contribution in [-0.2, 0) is 9.59 Å². The molecule has 0 aromatic rings. The molecule has 3 N–H and O–H groups in total. The van der Waals surface area contributed by atoms with Gasteiger partial charge in [-0.05, 0) is 82.1 Å². The molecule has 4 aliphatic rings. The van der Waals surface area contributed by atoms with Crippen molar-refractivity contribution in [2.24, 2.45) is 34.5 Å². The summed E-state index contributed by atoms with van der Waals surface area (Å²) in [6.45, 7) is 10.6. The van der Waals surface area contributed by atoms with Crippen LogP contribution in [0.25, 0.3) is 0 Å². The zero-order chi connectivity index (χ0) is 20.5. The first-order valence-electron chi connectivity index (χ1n) is 11.0. The van der Waals surface area contributed by atoms with E-state index in [4.69, 9.17) is 0 Å². The van der Waals surface area contributed by atoms with Crippen LogP contribution in [0.4, 0.5) is 0 Å². The summed E-state index contributed by atoms with van der Waals surface area (Å²) >= 11 is 0. The molecule has 0 aromatic carbocycles. The normalized spacial score (nSPS) is 47.6. The van der Waals surface area contributed by atoms with E-state index in [9.17, 15) is 14.7 Å². The fourth-order valence-electron chi connectivity index (χ4n) is 7.27. The van der Waals surface area contributed by atoms with Crippen LogP contribution in [0.1, 0.15) is 66.7 Å². The summed E-state index contributed by atoms with van der Waals surface area (Å²) in [6, 6.07) is -0.197. The van der Waals surface area contributed by atoms with Gasteiger partial charge in [0.15, 0.2) is 0 Å². The smallest absolute Gasteiger partial charge is 0.244 e. The third kappa shape index (κ3) is 2.92. The van der Waals surface area contributed by atoms with Gasteiger partial charge in [0.1, 0.15) is 0 Å². The standard InChI is InChI=1S/C23H36N2O3/c1-21(2,3)25-20(28)16-7-6-14-13-12-17(26)19-23(5,11-9-18(27)24-19)15(13)8-10-22(14,16)4/h9,11,13-17,19,26H,6-8,10,12H2,1-5H3,(H,24,27)(H,25,28)/t13-,14-,15-,16+,17-,19?,22-,23+/m0/s1. The van der Waals surface area contributed by atoms with Crippen molar-refractivity contribution >= 4 is 11.8 Å². The predicted molar refractivity (Wildman–Crippen MR) is 108 cm³/mol. The number of hydrogen-bond donors (Lipinski definition) is 3. The summed E-state index contributed by atoms with van der Waals surface area (Å²) < 4.78 is 0. The van der Waals surface area contributed by atoms with Crippen molar-refractivity contribution in [3.05, 3.63) is 12.2 Å². The second-order valence-corrected chi connectivity index (χ2v) is 11.3. The number of aliphatic hydroxyl groups is 1. The number of aliphatic hydroxyl groups excluding tert-OH is 1. The van der Waals surface area contributed by atoms with Gasteiger partial charge < -0.3 is 15.7 Å². The van der Waals surface area contributed by atoms with Gasteiger partial charge in [0.2, 0.25) is 11.8 Å². The first-order chi connectivity index (χ1) is 13.0. The molecular weight excluding hydrogens is 352 g/mol. The summed E-state index contributed by atoms with van der Waals surface area (Å²) in [7, 11) is 0. The minimum Gasteiger partial charge on any atom is -0.391 e. The topological polar surface area (TPSA) is 78.4 Å². The Morgan fingerprint density at radius 3 is 2.61 bits per heavy atom. The van der Waals surface area contributed by atoms with E-state index in [1.165, 1.54) is 0 Å². The lowest BCUT2D eigenvalue weighted by Gasteiger charge is -2.60. The van der Waals surface area contributed by atoms with Crippen molar-refractivity contribution in [2.75, 3.05) is 0 Å². The van der Waals surface area contributed by atoms with Gasteiger partial charge in [0.05, 0.1) is 12.1 Å². The van der Waals surface area contributed by atoms with Gasteiger partial charge in [0, 0.05) is 16.9 Å². The van der Waals surface area contributed by atoms with E-state index in [0.29, 0.717) is 17.8 Å². The number of amides is 2. The molecule has 1 aliphatic heterocycles. The quantitative estimate of drug-likeness (QED) is 0.646. The summed E-state index contributed by atoms with van der Waals surface area (Å²) in [6.07, 6.45) is 8.00. The molecule has 3 saturated carbocycles. The van der Waals surface area contributed by atoms with E-state index in [-0.39, 0.29) is 40.1 Å². The summed E-state index contributed by atoms with van der Waals surface area (Å²) in [5.74, 6) is 1.46. The largest absolute Gasteiger partial charge is 0.391 e. The van der Waals surface area contributed by atoms with E-state index >= 15 is 0 Å². The molecule has 2 amide bonds. The molecule has 3 aliphatic carbocycles. The van der Waals surface area contributed by atoms with Crippen LogP contribution in [0.2, 0.25) is 0 Å². The first kappa shape index (κ1) is 19.9. The van der Waals surface area contributed by atoms with Gasteiger partial charge in [-0.25, -0.2) is 0 Å². The van der Waals surface area contributed by atoms with Crippen LogP contribution in [0.15, 0.2) is 12.2 Å². The van der Waals surface area contributed by atoms with Gasteiger partial charge in [0.25, 0.3) is 0 Å². The zero-order valence-corrected chi connectivity index (χ0v) is 17.9. The molecule has 0 spiro atoms. The van der Waals surface area contributed by atoms with Gasteiger partial charge in [-0.1, -0.05) is 19.9 Å². The molecule has 156 valence electrons. The van der Waals surface area contributed by atoms with Crippen molar-refractivity contribution in [3.8, 4) is 0 Å². The molecule has 0 saturated heterocycles. The minimum absolute atomic E-state index is 0.00104. The maximum atomic E-state index is 13.1. The molecule has 8 atom stereocenters. The van der Waals surface area contributed by atoms with Crippen LogP contribution in [0, 0.1) is 34.5 Å². The highest BCUT2D eigenvalue weighted by molar-refractivity contribution is 5.89. The Balaban J connectivity index is 1.61. The molecule has 0 aromatic heterocycles. The van der Waals surface area contributed by atoms with E-state index in [2.05, 4.69) is 30.6 Å². The number of fused-ring (bicyclic) bond motifs is 5. The average molecular weight is 389 g/mol. The Morgan fingerprint density at radius 1 is 1.21 bits per heavy atom. The predicted octanol–water partition coefficient (Wildman–Crippen LogP) is 2.79. The van der Waals surface area contributed by atoms with Gasteiger partial charge >= 0.3 is 0 Å². The van der Waals surface area contributed by atoms with Crippen molar-refractivity contribution in [1.29, 1.82) is 0 Å². The molecule has 1 heterocycles. The Bertz CT molecular complexity index is 711. The Kier molecular flexibility index (Phi) is 4.50. The van der Waals surface area contributed by atoms with E-state index < -0.39 is 6.10 Å². The fourth-order valence-corrected chi connectivity index (χ4v) is 7.27. The average Bonchev–Trinajstić information content (AvgIpc) is 2.93. The summed E-state index contributed by atoms with van der Waals surface area (Å²) in [5.41, 5.74) is -0.417. The summed E-state index contributed by atoms with van der Waals surface area (Å²) in [5, 5.41) is 17.2. The third-order valence-electron chi connectivity index (χ3n) is 8.51. The number of carbonyl (C=O) groups is 2. The monoisotopic (exact) mass is 388 g/mol. The molecule has 4 rings (SSSR count). The number of carbonyl (C=O) groups excluding carboxylic acids is 2. The Labute approximate surface area is 168 Å². The van der Waals surface area contributed by atoms with Crippen LogP contribution >= 0.6 is 0 Å². The molecule has 5 nitrogen and oxygen atoms in total. The van der Waals surface area contributed by atoms with E-state index in [1.54, 1.807) is 6.08 Å². The second-order valence-electron chi connectivity index (χ2n) is 11.3. The lowest BCUT2D eigenvalue weighted by Crippen LogP contribution is -2.64. The van der Waals surface area contributed by atoms with Crippen molar-refractivity contribution in [3.63, 3.8) is 0 Å². The molecular formula is C23H36N2O3. The minimum atomic E-state index is -0.523. The van der Waals surface area contributed by atoms with Gasteiger partial charge in [-0.3, -0.25) is 9.59 Å². The first-order valence-corrected chi connectivity index (χ1v) is 11.0. The van der Waals surface area contributed by atoms with E-state index in [0.717, 1.165) is 32.1 Å². The summed E-state index contributed by atoms with van der Waals surface area (Å²) in [4.78, 5) is 24.9. The highest BCUT2D eigenvalue weighted by Gasteiger charge is 2.62. The molecule has 0 bridgehead atoms. The van der Waals surface area contributed by atoms with Crippen LogP contribution in [0.5, 0.6) is 0 Å². The molecule has 3 fully saturated rings. The SMILES string of the molecule is CC(C)(C)NC(=O)[C@H]1CC[C@H]2[C@@H]3C[C@H](O)C4NC(=O)C=C[C@]4(C)[C@H]3CC[C@]12C. The molecule has 5 heteroatoms. The number of hydrogen-bond acceptors (Lipinski definition) is 3. The lowest BCUT2D eigenvalue weighted by molar-refractivity contribution is -0.141. The number of rotatable bonds is 1. The highest BCUT2D eigenvalue weighted by atomic mass is 16.3. The van der Waals surface area contributed by atoms with Crippen LogP contribution < -0.4 is 10.6 Å². The molecule has 0 radical (unpaired) electrons. The van der Waals surface area contributed by atoms with Crippen molar-refractivity contribution in [1.82, 2.24) is 10.6 Å². The molecule has 1 unspecified atom stereocenters. The maximum Gasteiger partial charge on any atom is 0.244 e. The Morgan fingerprint density at radius 2 is 1.93 bits per heavy atom. The van der Waals surface area contributed by atoms with Crippen LogP contribution in [0.3, 0.4) is 0 Å². The highest BCUT2D eigenvalue weighted by Crippen LogP contribution is 2.65. The maximum absolute atomic E-state index is 13.1. The lowest BCUT2D eigenvalue weighted by atomic mass is 9.47. The Hall–Kier alpha value is -1.36. The van der Waals surface area contributed by atoms with Crippen molar-refractivity contribution < 1.29 is 14.7 Å². The van der Waals surface area contributed by atoms with E-state index in [1.807, 2.05) is 20.8 Å². The zero-order valence-electron chi connectivity index (χ0n) is 17.9. The second kappa shape index (κ2) is 6.32. The third-order valence-corrected chi connectivity index (χ3v) is 8.51. The fraction of sp³-hybridized carbons (Fsp3) is 0.826. The van der Waals surface area contributed by atoms with Crippen LogP contribution in [-0.4, -0.2) is 34.6 Å². The number of nitrogens with one attached hydrogen (secondary N) is 2.